The Morgan fingerprint density at radius 2 is 1.93 bits per heavy atom. The molecule has 3 aromatic heterocycles. The number of rotatable bonds is 5. The molecule has 0 aliphatic carbocycles. The molecule has 148 valence electrons. The van der Waals surface area contributed by atoms with Gasteiger partial charge >= 0.3 is 0 Å². The molecule has 4 rings (SSSR count). The number of hydrogen-bond donors (Lipinski definition) is 2. The van der Waals surface area contributed by atoms with Crippen molar-refractivity contribution in [1.82, 2.24) is 29.5 Å². The van der Waals surface area contributed by atoms with Gasteiger partial charge in [-0.15, -0.1) is 0 Å². The second kappa shape index (κ2) is 7.30. The van der Waals surface area contributed by atoms with E-state index in [-0.39, 0.29) is 11.9 Å². The third kappa shape index (κ3) is 3.51. The van der Waals surface area contributed by atoms with Crippen molar-refractivity contribution in [2.45, 2.75) is 12.8 Å². The lowest BCUT2D eigenvalue weighted by atomic mass is 9.94. The number of imidazole rings is 1. The summed E-state index contributed by atoms with van der Waals surface area (Å²) in [6.07, 6.45) is 5.76. The van der Waals surface area contributed by atoms with Gasteiger partial charge in [-0.05, 0) is 12.1 Å². The molecule has 9 nitrogen and oxygen atoms in total. The molecule has 3 heterocycles. The van der Waals surface area contributed by atoms with E-state index in [9.17, 15) is 4.39 Å². The minimum atomic E-state index is -0.501. The fourth-order valence-electron chi connectivity index (χ4n) is 3.22. The smallest absolute Gasteiger partial charge is 0.222 e. The van der Waals surface area contributed by atoms with Crippen molar-refractivity contribution in [2.75, 3.05) is 18.2 Å². The standard InChI is InChI=1S/C19H19FN8O/c1-10(17-22-6-11(20)7-23-17)15-13(29-3)5-4-12-16(15)18(27-19(21)25-12)26-14-8-28(2)9-24-14/h4-10H,1-3H3,(H3,21,25,26,27)/t10-/m1/s1. The molecule has 0 aliphatic heterocycles. The van der Waals surface area contributed by atoms with Crippen LogP contribution in [0.3, 0.4) is 0 Å². The summed E-state index contributed by atoms with van der Waals surface area (Å²) in [4.78, 5) is 21.3. The van der Waals surface area contributed by atoms with E-state index in [0.717, 1.165) is 18.0 Å². The summed E-state index contributed by atoms with van der Waals surface area (Å²) in [6.45, 7) is 1.91. The van der Waals surface area contributed by atoms with E-state index < -0.39 is 5.82 Å². The summed E-state index contributed by atoms with van der Waals surface area (Å²) in [5.74, 6) is 1.43. The van der Waals surface area contributed by atoms with Gasteiger partial charge in [0.1, 0.15) is 23.2 Å². The number of anilines is 3. The van der Waals surface area contributed by atoms with Crippen molar-refractivity contribution in [3.8, 4) is 5.75 Å². The van der Waals surface area contributed by atoms with E-state index in [1.807, 2.05) is 24.7 Å². The average molecular weight is 394 g/mol. The number of hydrogen-bond acceptors (Lipinski definition) is 8. The molecule has 0 aliphatic rings. The van der Waals surface area contributed by atoms with Crippen LogP contribution in [0.2, 0.25) is 0 Å². The van der Waals surface area contributed by atoms with Crippen molar-refractivity contribution in [2.24, 2.45) is 7.05 Å². The first kappa shape index (κ1) is 18.5. The number of nitrogens with two attached hydrogens (primary N) is 1. The Hall–Kier alpha value is -3.82. The van der Waals surface area contributed by atoms with E-state index in [1.54, 1.807) is 25.6 Å². The van der Waals surface area contributed by atoms with Crippen LogP contribution in [0, 0.1) is 5.82 Å². The molecule has 0 fully saturated rings. The van der Waals surface area contributed by atoms with E-state index in [1.165, 1.54) is 0 Å². The second-order valence-corrected chi connectivity index (χ2v) is 6.54. The molecule has 0 bridgehead atoms. The Labute approximate surface area is 165 Å². The molecule has 0 saturated heterocycles. The first-order valence-electron chi connectivity index (χ1n) is 8.82. The Morgan fingerprint density at radius 1 is 1.17 bits per heavy atom. The molecule has 0 spiro atoms. The molecule has 29 heavy (non-hydrogen) atoms. The van der Waals surface area contributed by atoms with Gasteiger partial charge in [0.15, 0.2) is 5.82 Å². The van der Waals surface area contributed by atoms with Crippen molar-refractivity contribution < 1.29 is 9.13 Å². The molecule has 10 heteroatoms. The summed E-state index contributed by atoms with van der Waals surface area (Å²) >= 11 is 0. The molecule has 0 saturated carbocycles. The molecule has 0 radical (unpaired) electrons. The van der Waals surface area contributed by atoms with Crippen LogP contribution in [0.25, 0.3) is 10.9 Å². The van der Waals surface area contributed by atoms with Crippen LogP contribution in [0.5, 0.6) is 5.75 Å². The number of methoxy groups -OCH3 is 1. The van der Waals surface area contributed by atoms with Gasteiger partial charge in [0.05, 0.1) is 36.7 Å². The molecule has 0 unspecified atom stereocenters. The largest absolute Gasteiger partial charge is 0.496 e. The van der Waals surface area contributed by atoms with E-state index in [2.05, 4.69) is 30.2 Å². The number of aryl methyl sites for hydroxylation is 1. The molecule has 4 aromatic rings. The fraction of sp³-hybridized carbons (Fsp3) is 0.211. The van der Waals surface area contributed by atoms with Gasteiger partial charge in [-0.3, -0.25) is 0 Å². The zero-order valence-corrected chi connectivity index (χ0v) is 16.1. The number of benzene rings is 1. The topological polar surface area (TPSA) is 117 Å². The Morgan fingerprint density at radius 3 is 2.59 bits per heavy atom. The van der Waals surface area contributed by atoms with Crippen LogP contribution in [-0.2, 0) is 7.05 Å². The second-order valence-electron chi connectivity index (χ2n) is 6.54. The van der Waals surface area contributed by atoms with Crippen molar-refractivity contribution in [1.29, 1.82) is 0 Å². The third-order valence-corrected chi connectivity index (χ3v) is 4.51. The minimum Gasteiger partial charge on any atom is -0.496 e. The lowest BCUT2D eigenvalue weighted by Gasteiger charge is -2.19. The van der Waals surface area contributed by atoms with Crippen LogP contribution in [-0.4, -0.2) is 36.6 Å². The molecule has 1 atom stereocenters. The fourth-order valence-corrected chi connectivity index (χ4v) is 3.22. The highest BCUT2D eigenvalue weighted by Gasteiger charge is 2.23. The SMILES string of the molecule is COc1ccc2nc(N)nc(Nc3cn(C)cn3)c2c1[C@@H](C)c1ncc(F)cn1. The Balaban J connectivity index is 1.94. The normalized spacial score (nSPS) is 12.1. The van der Waals surface area contributed by atoms with Gasteiger partial charge in [0.2, 0.25) is 5.95 Å². The van der Waals surface area contributed by atoms with Crippen molar-refractivity contribution in [3.63, 3.8) is 0 Å². The summed E-state index contributed by atoms with van der Waals surface area (Å²) in [7, 11) is 3.44. The van der Waals surface area contributed by atoms with E-state index in [0.29, 0.717) is 34.1 Å². The van der Waals surface area contributed by atoms with Gasteiger partial charge in [-0.25, -0.2) is 24.3 Å². The Bertz CT molecular complexity index is 1180. The van der Waals surface area contributed by atoms with Crippen LogP contribution in [0.1, 0.15) is 24.2 Å². The zero-order valence-electron chi connectivity index (χ0n) is 16.1. The number of aromatic nitrogens is 6. The summed E-state index contributed by atoms with van der Waals surface area (Å²) in [5, 5.41) is 3.90. The third-order valence-electron chi connectivity index (χ3n) is 4.51. The summed E-state index contributed by atoms with van der Waals surface area (Å²) in [6, 6.07) is 3.60. The van der Waals surface area contributed by atoms with Crippen LogP contribution in [0.15, 0.2) is 37.1 Å². The lowest BCUT2D eigenvalue weighted by molar-refractivity contribution is 0.408. The number of fused-ring (bicyclic) bond motifs is 1. The van der Waals surface area contributed by atoms with Gasteiger partial charge in [-0.1, -0.05) is 6.92 Å². The van der Waals surface area contributed by atoms with Gasteiger partial charge in [0.25, 0.3) is 0 Å². The first-order valence-corrected chi connectivity index (χ1v) is 8.82. The van der Waals surface area contributed by atoms with E-state index >= 15 is 0 Å². The number of ether oxygens (including phenoxy) is 1. The monoisotopic (exact) mass is 394 g/mol. The average Bonchev–Trinajstić information content (AvgIpc) is 3.11. The Kier molecular flexibility index (Phi) is 4.67. The predicted molar refractivity (Wildman–Crippen MR) is 107 cm³/mol. The maximum Gasteiger partial charge on any atom is 0.222 e. The number of nitrogen functional groups attached to an aromatic ring is 1. The van der Waals surface area contributed by atoms with E-state index in [4.69, 9.17) is 10.5 Å². The highest BCUT2D eigenvalue weighted by Crippen LogP contribution is 2.39. The summed E-state index contributed by atoms with van der Waals surface area (Å²) < 4.78 is 20.7. The quantitative estimate of drug-likeness (QED) is 0.531. The number of halogens is 1. The van der Waals surface area contributed by atoms with Gasteiger partial charge in [0, 0.05) is 24.7 Å². The van der Waals surface area contributed by atoms with Crippen molar-refractivity contribution in [3.05, 3.63) is 54.3 Å². The van der Waals surface area contributed by atoms with Gasteiger partial charge < -0.3 is 20.4 Å². The molecule has 1 aromatic carbocycles. The molecule has 0 amide bonds. The molecule has 3 N–H and O–H groups in total. The number of nitrogens with zero attached hydrogens (tertiary/aromatic N) is 6. The molecular weight excluding hydrogens is 375 g/mol. The molecular formula is C19H19FN8O. The maximum absolute atomic E-state index is 13.3. The number of nitrogens with one attached hydrogen (secondary N) is 1. The maximum atomic E-state index is 13.3. The van der Waals surface area contributed by atoms with Crippen molar-refractivity contribution >= 4 is 28.5 Å². The zero-order chi connectivity index (χ0) is 20.5. The minimum absolute atomic E-state index is 0.123. The highest BCUT2D eigenvalue weighted by atomic mass is 19.1. The van der Waals surface area contributed by atoms with Gasteiger partial charge in [-0.2, -0.15) is 4.98 Å². The lowest BCUT2D eigenvalue weighted by Crippen LogP contribution is -2.09. The van der Waals surface area contributed by atoms with Crippen LogP contribution in [0.4, 0.5) is 22.0 Å². The summed E-state index contributed by atoms with van der Waals surface area (Å²) in [5.41, 5.74) is 7.31. The van der Waals surface area contributed by atoms with Crippen LogP contribution >= 0.6 is 0 Å². The predicted octanol–water partition coefficient (Wildman–Crippen LogP) is 2.78. The highest BCUT2D eigenvalue weighted by molar-refractivity contribution is 5.96. The van der Waals surface area contributed by atoms with Crippen LogP contribution < -0.4 is 15.8 Å². The first-order chi connectivity index (χ1) is 14.0.